The number of likely N-dealkylation sites (tertiary alicyclic amines) is 1. The van der Waals surface area contributed by atoms with Crippen molar-refractivity contribution in [2.24, 2.45) is 5.92 Å². The number of amides is 1. The molecule has 4 nitrogen and oxygen atoms in total. The molecule has 0 N–H and O–H groups in total. The molecule has 2 aliphatic heterocycles. The van der Waals surface area contributed by atoms with Gasteiger partial charge >= 0.3 is 0 Å². The van der Waals surface area contributed by atoms with E-state index in [1.807, 2.05) is 11.0 Å². The molecule has 24 heavy (non-hydrogen) atoms. The van der Waals surface area contributed by atoms with Gasteiger partial charge in [-0.25, -0.2) is 0 Å². The number of carbonyl (C=O) groups is 1. The van der Waals surface area contributed by atoms with Crippen molar-refractivity contribution in [3.63, 3.8) is 0 Å². The maximum absolute atomic E-state index is 12.9. The first-order chi connectivity index (χ1) is 11.5. The average molecular weight is 349 g/mol. The minimum atomic E-state index is -0.177. The number of carbonyl (C=O) groups excluding carboxylic acids is 1. The minimum absolute atomic E-state index is 0.168. The van der Waals surface area contributed by atoms with Crippen LogP contribution in [0, 0.1) is 19.8 Å². The highest BCUT2D eigenvalue weighted by Crippen LogP contribution is 2.38. The molecule has 1 spiro atoms. The van der Waals surface area contributed by atoms with Crippen LogP contribution in [0.3, 0.4) is 0 Å². The molecule has 5 heteroatoms. The lowest BCUT2D eigenvalue weighted by Gasteiger charge is -2.39. The van der Waals surface area contributed by atoms with Crippen molar-refractivity contribution in [1.29, 1.82) is 0 Å². The summed E-state index contributed by atoms with van der Waals surface area (Å²) >= 11 is 1.61. The van der Waals surface area contributed by atoms with E-state index in [0.717, 1.165) is 43.2 Å². The molecule has 4 rings (SSSR count). The molecular formula is C19H27NO3S. The normalized spacial score (nSPS) is 30.2. The number of aryl methyl sites for hydroxylation is 2. The van der Waals surface area contributed by atoms with Crippen LogP contribution in [0.15, 0.2) is 6.07 Å². The highest BCUT2D eigenvalue weighted by Gasteiger charge is 2.45. The van der Waals surface area contributed by atoms with Crippen LogP contribution >= 0.6 is 11.3 Å². The molecule has 0 aromatic carbocycles. The van der Waals surface area contributed by atoms with Crippen LogP contribution in [0.25, 0.3) is 0 Å². The number of rotatable bonds is 4. The fourth-order valence-corrected chi connectivity index (χ4v) is 4.86. The van der Waals surface area contributed by atoms with Gasteiger partial charge in [0.05, 0.1) is 29.7 Å². The summed E-state index contributed by atoms with van der Waals surface area (Å²) in [6.45, 7) is 7.28. The first-order valence-corrected chi connectivity index (χ1v) is 9.98. The number of hydrogen-bond acceptors (Lipinski definition) is 4. The van der Waals surface area contributed by atoms with Crippen LogP contribution in [0.4, 0.5) is 0 Å². The summed E-state index contributed by atoms with van der Waals surface area (Å²) in [6, 6.07) is 2.03. The van der Waals surface area contributed by atoms with Gasteiger partial charge in [0.25, 0.3) is 5.91 Å². The predicted molar refractivity (Wildman–Crippen MR) is 94.7 cm³/mol. The third-order valence-corrected chi connectivity index (χ3v) is 6.78. The molecule has 0 radical (unpaired) electrons. The Balaban J connectivity index is 1.39. The van der Waals surface area contributed by atoms with Crippen LogP contribution in [0.5, 0.6) is 0 Å². The summed E-state index contributed by atoms with van der Waals surface area (Å²) in [5, 5.41) is 0. The fraction of sp³-hybridized carbons (Fsp3) is 0.737. The van der Waals surface area contributed by atoms with Crippen LogP contribution in [-0.4, -0.2) is 48.8 Å². The van der Waals surface area contributed by atoms with Crippen LogP contribution in [-0.2, 0) is 9.47 Å². The largest absolute Gasteiger partial charge is 0.375 e. The van der Waals surface area contributed by atoms with E-state index in [9.17, 15) is 4.79 Å². The Labute approximate surface area is 148 Å². The van der Waals surface area contributed by atoms with Crippen molar-refractivity contribution < 1.29 is 14.3 Å². The van der Waals surface area contributed by atoms with Gasteiger partial charge in [-0.3, -0.25) is 4.79 Å². The van der Waals surface area contributed by atoms with E-state index in [1.165, 1.54) is 23.3 Å². The number of nitrogens with zero attached hydrogens (tertiary/aromatic N) is 1. The van der Waals surface area contributed by atoms with Crippen LogP contribution in [0.1, 0.15) is 52.2 Å². The molecule has 2 saturated heterocycles. The number of piperidine rings is 1. The van der Waals surface area contributed by atoms with Crippen molar-refractivity contribution in [2.45, 2.75) is 57.7 Å². The Kier molecular flexibility index (Phi) is 4.43. The Morgan fingerprint density at radius 3 is 3.00 bits per heavy atom. The highest BCUT2D eigenvalue weighted by molar-refractivity contribution is 7.14. The minimum Gasteiger partial charge on any atom is -0.375 e. The van der Waals surface area contributed by atoms with Gasteiger partial charge in [0.1, 0.15) is 0 Å². The van der Waals surface area contributed by atoms with Crippen molar-refractivity contribution in [2.75, 3.05) is 26.3 Å². The molecule has 3 heterocycles. The Hall–Kier alpha value is -0.910. The average Bonchev–Trinajstić information content (AvgIpc) is 3.25. The van der Waals surface area contributed by atoms with Crippen LogP contribution < -0.4 is 0 Å². The first-order valence-electron chi connectivity index (χ1n) is 9.16. The molecule has 1 saturated carbocycles. The summed E-state index contributed by atoms with van der Waals surface area (Å²) in [7, 11) is 0. The Morgan fingerprint density at radius 2 is 2.29 bits per heavy atom. The van der Waals surface area contributed by atoms with E-state index >= 15 is 0 Å². The molecule has 132 valence electrons. The third-order valence-electron chi connectivity index (χ3n) is 5.64. The van der Waals surface area contributed by atoms with E-state index in [1.54, 1.807) is 11.3 Å². The molecule has 1 aromatic heterocycles. The second-order valence-electron chi connectivity index (χ2n) is 7.78. The number of thiophene rings is 1. The zero-order valence-electron chi connectivity index (χ0n) is 14.7. The van der Waals surface area contributed by atoms with Crippen molar-refractivity contribution in [3.8, 4) is 0 Å². The molecule has 3 fully saturated rings. The molecule has 1 aromatic rings. The smallest absolute Gasteiger partial charge is 0.264 e. The monoisotopic (exact) mass is 349 g/mol. The van der Waals surface area contributed by atoms with E-state index in [2.05, 4.69) is 13.8 Å². The van der Waals surface area contributed by atoms with Gasteiger partial charge in [0, 0.05) is 24.4 Å². The topological polar surface area (TPSA) is 38.8 Å². The first kappa shape index (κ1) is 16.6. The van der Waals surface area contributed by atoms with Gasteiger partial charge in [-0.15, -0.1) is 11.3 Å². The summed E-state index contributed by atoms with van der Waals surface area (Å²) in [6.07, 6.45) is 5.85. The molecule has 3 aliphatic rings. The van der Waals surface area contributed by atoms with Crippen molar-refractivity contribution >= 4 is 17.2 Å². The maximum Gasteiger partial charge on any atom is 0.264 e. The quantitative estimate of drug-likeness (QED) is 0.834. The number of ether oxygens (including phenoxy) is 2. The zero-order chi connectivity index (χ0) is 16.7. The summed E-state index contributed by atoms with van der Waals surface area (Å²) in [4.78, 5) is 17.0. The maximum atomic E-state index is 12.9. The molecule has 2 atom stereocenters. The Morgan fingerprint density at radius 1 is 1.46 bits per heavy atom. The van der Waals surface area contributed by atoms with E-state index in [-0.39, 0.29) is 17.6 Å². The molecule has 0 unspecified atom stereocenters. The SMILES string of the molecule is Cc1cc(C(=O)N2CCC[C@]3(C[C@@H](OCC4CC4)CO3)C2)sc1C. The molecular weight excluding hydrogens is 322 g/mol. The van der Waals surface area contributed by atoms with Gasteiger partial charge in [-0.05, 0) is 57.1 Å². The molecule has 0 bridgehead atoms. The molecule has 1 aliphatic carbocycles. The number of hydrogen-bond donors (Lipinski definition) is 0. The van der Waals surface area contributed by atoms with Crippen molar-refractivity contribution in [1.82, 2.24) is 4.90 Å². The van der Waals surface area contributed by atoms with Gasteiger partial charge in [-0.2, -0.15) is 0 Å². The zero-order valence-corrected chi connectivity index (χ0v) is 15.5. The second kappa shape index (κ2) is 6.43. The molecule has 1 amide bonds. The van der Waals surface area contributed by atoms with Gasteiger partial charge < -0.3 is 14.4 Å². The summed E-state index contributed by atoms with van der Waals surface area (Å²) < 4.78 is 12.2. The van der Waals surface area contributed by atoms with E-state index in [4.69, 9.17) is 9.47 Å². The standard InChI is InChI=1S/C19H27NO3S/c1-13-8-17(24-14(13)2)18(21)20-7-3-6-19(12-20)9-16(11-23-19)22-10-15-4-5-15/h8,15-16H,3-7,9-12H2,1-2H3/t16-,19+/m1/s1. The summed E-state index contributed by atoms with van der Waals surface area (Å²) in [5.74, 6) is 0.956. The van der Waals surface area contributed by atoms with E-state index < -0.39 is 0 Å². The fourth-order valence-electron chi connectivity index (χ4n) is 3.86. The third kappa shape index (κ3) is 3.39. The predicted octanol–water partition coefficient (Wildman–Crippen LogP) is 3.56. The van der Waals surface area contributed by atoms with Gasteiger partial charge in [0.2, 0.25) is 0 Å². The highest BCUT2D eigenvalue weighted by atomic mass is 32.1. The Bertz CT molecular complexity index is 605. The second-order valence-corrected chi connectivity index (χ2v) is 9.03. The van der Waals surface area contributed by atoms with Crippen LogP contribution in [0.2, 0.25) is 0 Å². The lowest BCUT2D eigenvalue weighted by molar-refractivity contribution is -0.0464. The lowest BCUT2D eigenvalue weighted by atomic mass is 9.89. The van der Waals surface area contributed by atoms with E-state index in [0.29, 0.717) is 13.2 Å². The van der Waals surface area contributed by atoms with Gasteiger partial charge in [0.15, 0.2) is 0 Å². The lowest BCUT2D eigenvalue weighted by Crippen LogP contribution is -2.50. The summed E-state index contributed by atoms with van der Waals surface area (Å²) in [5.41, 5.74) is 1.03. The van der Waals surface area contributed by atoms with Crippen molar-refractivity contribution in [3.05, 3.63) is 21.4 Å². The van der Waals surface area contributed by atoms with Gasteiger partial charge in [-0.1, -0.05) is 0 Å².